The van der Waals surface area contributed by atoms with Crippen LogP contribution in [0.4, 0.5) is 5.69 Å². The SMILES string of the molecule is C[C@@H](C(=O)Nc1cccc(CS(C)(=O)=O)c1)[C@H](N)c1ccccc1. The number of carbonyl (C=O) groups is 1. The highest BCUT2D eigenvalue weighted by atomic mass is 32.2. The summed E-state index contributed by atoms with van der Waals surface area (Å²) in [5.74, 6) is -0.690. The Morgan fingerprint density at radius 2 is 1.79 bits per heavy atom. The molecule has 5 nitrogen and oxygen atoms in total. The molecule has 0 bridgehead atoms. The van der Waals surface area contributed by atoms with Crippen molar-refractivity contribution in [2.24, 2.45) is 11.7 Å². The van der Waals surface area contributed by atoms with Crippen molar-refractivity contribution in [2.45, 2.75) is 18.7 Å². The normalized spacial score (nSPS) is 14.0. The number of benzene rings is 2. The van der Waals surface area contributed by atoms with Gasteiger partial charge in [-0.05, 0) is 23.3 Å². The second-order valence-corrected chi connectivity index (χ2v) is 8.13. The monoisotopic (exact) mass is 346 g/mol. The van der Waals surface area contributed by atoms with Crippen LogP contribution in [-0.2, 0) is 20.4 Å². The first-order valence-electron chi connectivity index (χ1n) is 7.64. The zero-order chi connectivity index (χ0) is 17.7. The average molecular weight is 346 g/mol. The summed E-state index contributed by atoms with van der Waals surface area (Å²) in [6.07, 6.45) is 1.18. The molecule has 0 unspecified atom stereocenters. The second kappa shape index (κ2) is 7.59. The van der Waals surface area contributed by atoms with Gasteiger partial charge in [0.2, 0.25) is 5.91 Å². The van der Waals surface area contributed by atoms with E-state index in [1.54, 1.807) is 31.2 Å². The van der Waals surface area contributed by atoms with Crippen LogP contribution >= 0.6 is 0 Å². The van der Waals surface area contributed by atoms with Gasteiger partial charge >= 0.3 is 0 Å². The van der Waals surface area contributed by atoms with E-state index >= 15 is 0 Å². The van der Waals surface area contributed by atoms with Gasteiger partial charge in [-0.25, -0.2) is 8.42 Å². The highest BCUT2D eigenvalue weighted by Gasteiger charge is 2.22. The molecule has 1 amide bonds. The molecule has 0 radical (unpaired) electrons. The number of sulfone groups is 1. The molecule has 2 atom stereocenters. The molecule has 0 aliphatic heterocycles. The summed E-state index contributed by atoms with van der Waals surface area (Å²) >= 11 is 0. The maximum Gasteiger partial charge on any atom is 0.229 e. The largest absolute Gasteiger partial charge is 0.326 e. The maximum absolute atomic E-state index is 12.4. The number of carbonyl (C=O) groups excluding carboxylic acids is 1. The summed E-state index contributed by atoms with van der Waals surface area (Å²) in [4.78, 5) is 12.4. The fourth-order valence-corrected chi connectivity index (χ4v) is 3.21. The number of amides is 1. The van der Waals surface area contributed by atoms with Crippen LogP contribution in [0.25, 0.3) is 0 Å². The minimum absolute atomic E-state index is 0.0597. The molecular formula is C18H22N2O3S. The molecule has 6 heteroatoms. The summed E-state index contributed by atoms with van der Waals surface area (Å²) in [5.41, 5.74) is 8.26. The van der Waals surface area contributed by atoms with Crippen molar-refractivity contribution >= 4 is 21.4 Å². The summed E-state index contributed by atoms with van der Waals surface area (Å²) < 4.78 is 22.8. The van der Waals surface area contributed by atoms with Gasteiger partial charge < -0.3 is 11.1 Å². The molecule has 0 fully saturated rings. The van der Waals surface area contributed by atoms with Gasteiger partial charge in [0.15, 0.2) is 9.84 Å². The molecule has 0 saturated heterocycles. The smallest absolute Gasteiger partial charge is 0.229 e. The Bertz CT molecular complexity index is 804. The van der Waals surface area contributed by atoms with Gasteiger partial charge in [-0.3, -0.25) is 4.79 Å². The molecule has 3 N–H and O–H groups in total. The van der Waals surface area contributed by atoms with Gasteiger partial charge in [0.05, 0.1) is 11.7 Å². The van der Waals surface area contributed by atoms with Crippen molar-refractivity contribution in [2.75, 3.05) is 11.6 Å². The standard InChI is InChI=1S/C18H22N2O3S/c1-13(17(19)15-8-4-3-5-9-15)18(21)20-16-10-6-7-14(11-16)12-24(2,22)23/h3-11,13,17H,12,19H2,1-2H3,(H,20,21)/t13-,17+/m1/s1. The van der Waals surface area contributed by atoms with Gasteiger partial charge in [0.1, 0.15) is 0 Å². The number of nitrogens with two attached hydrogens (primary N) is 1. The van der Waals surface area contributed by atoms with E-state index in [0.717, 1.165) is 5.56 Å². The third-order valence-electron chi connectivity index (χ3n) is 3.76. The molecule has 0 saturated carbocycles. The molecule has 0 spiro atoms. The van der Waals surface area contributed by atoms with E-state index in [2.05, 4.69) is 5.32 Å². The predicted octanol–water partition coefficient (Wildman–Crippen LogP) is 2.51. The number of hydrogen-bond acceptors (Lipinski definition) is 4. The first-order chi connectivity index (χ1) is 11.3. The Hall–Kier alpha value is -2.18. The molecule has 2 aromatic rings. The number of rotatable bonds is 6. The molecule has 0 aromatic heterocycles. The molecular weight excluding hydrogens is 324 g/mol. The maximum atomic E-state index is 12.4. The van der Waals surface area contributed by atoms with E-state index in [9.17, 15) is 13.2 Å². The van der Waals surface area contributed by atoms with Crippen molar-refractivity contribution in [3.8, 4) is 0 Å². The Balaban J connectivity index is 2.07. The van der Waals surface area contributed by atoms with Crippen LogP contribution in [0.1, 0.15) is 24.1 Å². The van der Waals surface area contributed by atoms with E-state index in [1.165, 1.54) is 6.26 Å². The summed E-state index contributed by atoms with van der Waals surface area (Å²) in [5, 5.41) is 2.80. The number of anilines is 1. The first kappa shape index (κ1) is 18.2. The van der Waals surface area contributed by atoms with Crippen LogP contribution in [-0.4, -0.2) is 20.6 Å². The first-order valence-corrected chi connectivity index (χ1v) is 9.70. The minimum atomic E-state index is -3.12. The fourth-order valence-electron chi connectivity index (χ4n) is 2.42. The Morgan fingerprint density at radius 3 is 2.42 bits per heavy atom. The van der Waals surface area contributed by atoms with Crippen LogP contribution in [0.15, 0.2) is 54.6 Å². The number of nitrogens with one attached hydrogen (secondary N) is 1. The van der Waals surface area contributed by atoms with Crippen LogP contribution in [0.5, 0.6) is 0 Å². The van der Waals surface area contributed by atoms with E-state index in [0.29, 0.717) is 11.3 Å². The lowest BCUT2D eigenvalue weighted by molar-refractivity contribution is -0.120. The Kier molecular flexibility index (Phi) is 5.75. The van der Waals surface area contributed by atoms with E-state index < -0.39 is 21.8 Å². The summed E-state index contributed by atoms with van der Waals surface area (Å²) in [7, 11) is -3.12. The lowest BCUT2D eigenvalue weighted by atomic mass is 9.94. The molecule has 0 aliphatic rings. The number of hydrogen-bond donors (Lipinski definition) is 2. The van der Waals surface area contributed by atoms with Crippen LogP contribution < -0.4 is 11.1 Å². The highest BCUT2D eigenvalue weighted by Crippen LogP contribution is 2.21. The van der Waals surface area contributed by atoms with Crippen LogP contribution in [0.2, 0.25) is 0 Å². The molecule has 24 heavy (non-hydrogen) atoms. The van der Waals surface area contributed by atoms with Crippen LogP contribution in [0, 0.1) is 5.92 Å². The molecule has 2 aromatic carbocycles. The van der Waals surface area contributed by atoms with E-state index in [4.69, 9.17) is 5.73 Å². The zero-order valence-corrected chi connectivity index (χ0v) is 14.6. The van der Waals surface area contributed by atoms with E-state index in [1.807, 2.05) is 30.3 Å². The average Bonchev–Trinajstić information content (AvgIpc) is 2.53. The van der Waals surface area contributed by atoms with Gasteiger partial charge in [-0.15, -0.1) is 0 Å². The van der Waals surface area contributed by atoms with Gasteiger partial charge in [-0.2, -0.15) is 0 Å². The van der Waals surface area contributed by atoms with E-state index in [-0.39, 0.29) is 11.7 Å². The molecule has 128 valence electrons. The van der Waals surface area contributed by atoms with Crippen molar-refractivity contribution < 1.29 is 13.2 Å². The third-order valence-corrected chi connectivity index (χ3v) is 4.62. The second-order valence-electron chi connectivity index (χ2n) is 5.98. The van der Waals surface area contributed by atoms with Crippen molar-refractivity contribution in [3.63, 3.8) is 0 Å². The van der Waals surface area contributed by atoms with Gasteiger partial charge in [-0.1, -0.05) is 49.4 Å². The molecule has 2 rings (SSSR count). The summed E-state index contributed by atoms with van der Waals surface area (Å²) in [6, 6.07) is 15.9. The lowest BCUT2D eigenvalue weighted by Gasteiger charge is -2.20. The summed E-state index contributed by atoms with van der Waals surface area (Å²) in [6.45, 7) is 1.77. The third kappa shape index (κ3) is 5.18. The minimum Gasteiger partial charge on any atom is -0.326 e. The Labute approximate surface area is 142 Å². The van der Waals surface area contributed by atoms with Crippen molar-refractivity contribution in [3.05, 3.63) is 65.7 Å². The fraction of sp³-hybridized carbons (Fsp3) is 0.278. The lowest BCUT2D eigenvalue weighted by Crippen LogP contribution is -2.30. The topological polar surface area (TPSA) is 89.3 Å². The van der Waals surface area contributed by atoms with Gasteiger partial charge in [0, 0.05) is 18.0 Å². The molecule has 0 aliphatic carbocycles. The quantitative estimate of drug-likeness (QED) is 0.841. The highest BCUT2D eigenvalue weighted by molar-refractivity contribution is 7.89. The van der Waals surface area contributed by atoms with Crippen LogP contribution in [0.3, 0.4) is 0 Å². The molecule has 0 heterocycles. The predicted molar refractivity (Wildman–Crippen MR) is 96.2 cm³/mol. The van der Waals surface area contributed by atoms with Crippen molar-refractivity contribution in [1.29, 1.82) is 0 Å². The zero-order valence-electron chi connectivity index (χ0n) is 13.8. The van der Waals surface area contributed by atoms with Gasteiger partial charge in [0.25, 0.3) is 0 Å². The van der Waals surface area contributed by atoms with Crippen molar-refractivity contribution in [1.82, 2.24) is 0 Å². The Morgan fingerprint density at radius 1 is 1.12 bits per heavy atom.